The van der Waals surface area contributed by atoms with Gasteiger partial charge in [-0.05, 0) is 37.0 Å². The summed E-state index contributed by atoms with van der Waals surface area (Å²) in [5.41, 5.74) is 0.807. The number of carbonyl (C=O) groups is 1. The number of nitro groups is 1. The Labute approximate surface area is 118 Å². The maximum absolute atomic E-state index is 11.0. The molecule has 3 aliphatic carbocycles. The van der Waals surface area contributed by atoms with Crippen molar-refractivity contribution < 1.29 is 14.8 Å². The Kier molecular flexibility index (Phi) is 3.30. The van der Waals surface area contributed by atoms with Gasteiger partial charge in [0.25, 0.3) is 0 Å². The van der Waals surface area contributed by atoms with Crippen molar-refractivity contribution in [3.05, 3.63) is 21.8 Å². The zero-order valence-electron chi connectivity index (χ0n) is 11.6. The van der Waals surface area contributed by atoms with Crippen molar-refractivity contribution in [1.82, 2.24) is 0 Å². The lowest BCUT2D eigenvalue weighted by Gasteiger charge is -2.48. The monoisotopic (exact) mass is 279 g/mol. The Morgan fingerprint density at radius 3 is 2.80 bits per heavy atom. The van der Waals surface area contributed by atoms with Gasteiger partial charge in [-0.1, -0.05) is 30.9 Å². The molecule has 0 aromatic heterocycles. The molecule has 0 aromatic rings. The van der Waals surface area contributed by atoms with Crippen LogP contribution in [0.1, 0.15) is 44.9 Å². The lowest BCUT2D eigenvalue weighted by molar-refractivity contribution is -0.505. The van der Waals surface area contributed by atoms with E-state index in [-0.39, 0.29) is 23.8 Å². The summed E-state index contributed by atoms with van der Waals surface area (Å²) in [6.07, 6.45) is 8.95. The minimum Gasteiger partial charge on any atom is -0.481 e. The molecule has 3 atom stereocenters. The summed E-state index contributed by atoms with van der Waals surface area (Å²) in [5.74, 6) is 0.484. The number of fused-ring (bicyclic) bond motifs is 1. The number of hydrogen-bond acceptors (Lipinski definition) is 3. The summed E-state index contributed by atoms with van der Waals surface area (Å²) in [7, 11) is 0. The van der Waals surface area contributed by atoms with Crippen LogP contribution in [0.25, 0.3) is 0 Å². The first-order chi connectivity index (χ1) is 9.48. The van der Waals surface area contributed by atoms with E-state index < -0.39 is 11.4 Å². The van der Waals surface area contributed by atoms with E-state index in [0.29, 0.717) is 12.3 Å². The summed E-state index contributed by atoms with van der Waals surface area (Å²) in [4.78, 5) is 21.6. The largest absolute Gasteiger partial charge is 0.481 e. The highest BCUT2D eigenvalue weighted by Crippen LogP contribution is 2.60. The van der Waals surface area contributed by atoms with Crippen molar-refractivity contribution in [3.63, 3.8) is 0 Å². The molecule has 0 radical (unpaired) electrons. The number of rotatable bonds is 6. The van der Waals surface area contributed by atoms with Crippen LogP contribution in [0.3, 0.4) is 0 Å². The topological polar surface area (TPSA) is 80.4 Å². The number of allylic oxidation sites excluding steroid dienone is 2. The van der Waals surface area contributed by atoms with Crippen LogP contribution in [-0.2, 0) is 4.79 Å². The lowest BCUT2D eigenvalue weighted by Crippen LogP contribution is -2.50. The highest BCUT2D eigenvalue weighted by atomic mass is 16.6. The van der Waals surface area contributed by atoms with E-state index in [2.05, 4.69) is 6.08 Å². The van der Waals surface area contributed by atoms with E-state index in [4.69, 9.17) is 5.11 Å². The van der Waals surface area contributed by atoms with E-state index in [0.717, 1.165) is 18.8 Å². The minimum atomic E-state index is -0.911. The predicted octanol–water partition coefficient (Wildman–Crippen LogP) is 2.88. The van der Waals surface area contributed by atoms with E-state index >= 15 is 0 Å². The standard InChI is InChI=1S/C15H21NO4/c17-14(18)8-15(9-16(19)20)7-12-5-11(6-13(12)15)4-10-2-1-3-10/h6,10,12-13H,1-5,7-9H2,(H,17,18)/t12-,13-,15-/m1/s1. The van der Waals surface area contributed by atoms with Crippen molar-refractivity contribution in [2.24, 2.45) is 23.2 Å². The summed E-state index contributed by atoms with van der Waals surface area (Å²) in [5, 5.41) is 19.9. The van der Waals surface area contributed by atoms with Gasteiger partial charge in [0.1, 0.15) is 0 Å². The molecule has 0 unspecified atom stereocenters. The predicted molar refractivity (Wildman–Crippen MR) is 72.8 cm³/mol. The second-order valence-corrected chi connectivity index (χ2v) is 6.94. The fourth-order valence-corrected chi connectivity index (χ4v) is 4.49. The van der Waals surface area contributed by atoms with Gasteiger partial charge in [-0.15, -0.1) is 0 Å². The van der Waals surface area contributed by atoms with Crippen LogP contribution in [0, 0.1) is 33.3 Å². The van der Waals surface area contributed by atoms with Crippen LogP contribution in [0.4, 0.5) is 0 Å². The van der Waals surface area contributed by atoms with Crippen molar-refractivity contribution in [3.8, 4) is 0 Å². The first-order valence-corrected chi connectivity index (χ1v) is 7.52. The van der Waals surface area contributed by atoms with Crippen molar-refractivity contribution in [2.75, 3.05) is 6.54 Å². The zero-order chi connectivity index (χ0) is 14.3. The van der Waals surface area contributed by atoms with Crippen LogP contribution in [-0.4, -0.2) is 22.5 Å². The number of hydrogen-bond donors (Lipinski definition) is 1. The third-order valence-corrected chi connectivity index (χ3v) is 5.55. The quantitative estimate of drug-likeness (QED) is 0.460. The summed E-state index contributed by atoms with van der Waals surface area (Å²) in [6, 6.07) is 0. The summed E-state index contributed by atoms with van der Waals surface area (Å²) >= 11 is 0. The van der Waals surface area contributed by atoms with Crippen molar-refractivity contribution >= 4 is 5.97 Å². The zero-order valence-corrected chi connectivity index (χ0v) is 11.6. The molecule has 2 saturated carbocycles. The Hall–Kier alpha value is -1.39. The average Bonchev–Trinajstić information content (AvgIpc) is 2.60. The molecular formula is C15H21NO4. The molecule has 0 aromatic carbocycles. The number of aliphatic carboxylic acids is 1. The molecule has 3 aliphatic rings. The van der Waals surface area contributed by atoms with E-state index in [9.17, 15) is 14.9 Å². The molecule has 0 saturated heterocycles. The number of carboxylic acids is 1. The van der Waals surface area contributed by atoms with Gasteiger partial charge in [0.05, 0.1) is 11.8 Å². The van der Waals surface area contributed by atoms with E-state index in [1.807, 2.05) is 0 Å². The molecule has 3 rings (SSSR count). The van der Waals surface area contributed by atoms with E-state index in [1.54, 1.807) is 0 Å². The van der Waals surface area contributed by atoms with Gasteiger partial charge in [-0.2, -0.15) is 0 Å². The van der Waals surface area contributed by atoms with Gasteiger partial charge in [0, 0.05) is 4.92 Å². The SMILES string of the molecule is O=C(O)C[C@@]1(C[N+](=O)[O-])C[C@H]2CC(CC3CCC3)=C[C@H]21. The Morgan fingerprint density at radius 2 is 2.25 bits per heavy atom. The van der Waals surface area contributed by atoms with Crippen LogP contribution in [0.5, 0.6) is 0 Å². The first kappa shape index (κ1) is 13.6. The molecule has 1 N–H and O–H groups in total. The summed E-state index contributed by atoms with van der Waals surface area (Å²) in [6.45, 7) is -0.201. The van der Waals surface area contributed by atoms with Crippen LogP contribution < -0.4 is 0 Å². The smallest absolute Gasteiger partial charge is 0.304 e. The number of nitrogens with zero attached hydrogens (tertiary/aromatic N) is 1. The third-order valence-electron chi connectivity index (χ3n) is 5.55. The fraction of sp³-hybridized carbons (Fsp3) is 0.800. The molecule has 5 nitrogen and oxygen atoms in total. The molecule has 0 heterocycles. The molecule has 5 heteroatoms. The van der Waals surface area contributed by atoms with Crippen LogP contribution >= 0.6 is 0 Å². The van der Waals surface area contributed by atoms with Crippen molar-refractivity contribution in [2.45, 2.75) is 44.9 Å². The lowest BCUT2D eigenvalue weighted by atomic mass is 9.53. The van der Waals surface area contributed by atoms with Gasteiger partial charge in [0.2, 0.25) is 6.54 Å². The Balaban J connectivity index is 1.70. The first-order valence-electron chi connectivity index (χ1n) is 7.52. The van der Waals surface area contributed by atoms with Crippen LogP contribution in [0.15, 0.2) is 11.6 Å². The van der Waals surface area contributed by atoms with Crippen molar-refractivity contribution in [1.29, 1.82) is 0 Å². The molecule has 0 amide bonds. The fourth-order valence-electron chi connectivity index (χ4n) is 4.49. The second kappa shape index (κ2) is 4.86. The summed E-state index contributed by atoms with van der Waals surface area (Å²) < 4.78 is 0. The average molecular weight is 279 g/mol. The van der Waals surface area contributed by atoms with E-state index in [1.165, 1.54) is 24.8 Å². The molecule has 20 heavy (non-hydrogen) atoms. The molecule has 0 spiro atoms. The second-order valence-electron chi connectivity index (χ2n) is 6.94. The highest BCUT2D eigenvalue weighted by molar-refractivity contribution is 5.68. The molecule has 0 bridgehead atoms. The van der Waals surface area contributed by atoms with Gasteiger partial charge < -0.3 is 5.11 Å². The minimum absolute atomic E-state index is 0.0671. The van der Waals surface area contributed by atoms with Crippen LogP contribution in [0.2, 0.25) is 0 Å². The number of carboxylic acid groups (broad SMARTS) is 1. The third kappa shape index (κ3) is 2.34. The maximum Gasteiger partial charge on any atom is 0.304 e. The van der Waals surface area contributed by atoms with Gasteiger partial charge in [-0.3, -0.25) is 14.9 Å². The normalized spacial score (nSPS) is 35.7. The molecular weight excluding hydrogens is 258 g/mol. The van der Waals surface area contributed by atoms with Gasteiger partial charge in [-0.25, -0.2) is 0 Å². The van der Waals surface area contributed by atoms with Gasteiger partial charge in [0.15, 0.2) is 0 Å². The van der Waals surface area contributed by atoms with Gasteiger partial charge >= 0.3 is 5.97 Å². The Morgan fingerprint density at radius 1 is 1.50 bits per heavy atom. The molecule has 2 fully saturated rings. The highest BCUT2D eigenvalue weighted by Gasteiger charge is 2.58. The molecule has 0 aliphatic heterocycles. The molecule has 110 valence electrons. The Bertz CT molecular complexity index is 450. The maximum atomic E-state index is 11.0.